The van der Waals surface area contributed by atoms with Crippen molar-refractivity contribution in [2.75, 3.05) is 20.3 Å². The summed E-state index contributed by atoms with van der Waals surface area (Å²) in [5.41, 5.74) is 0.460. The van der Waals surface area contributed by atoms with E-state index in [-0.39, 0.29) is 10.7 Å². The second-order valence-corrected chi connectivity index (χ2v) is 4.03. The fraction of sp³-hybridized carbons (Fsp3) is 0.500. The Morgan fingerprint density at radius 1 is 1.86 bits per heavy atom. The van der Waals surface area contributed by atoms with Crippen LogP contribution in [0.2, 0.25) is 0 Å². The summed E-state index contributed by atoms with van der Waals surface area (Å²) in [4.78, 5) is 11.5. The van der Waals surface area contributed by atoms with E-state index in [1.165, 1.54) is 6.20 Å². The summed E-state index contributed by atoms with van der Waals surface area (Å²) < 4.78 is 4.91. The number of halogens is 1. The van der Waals surface area contributed by atoms with Gasteiger partial charge in [0.1, 0.15) is 5.69 Å². The molecule has 1 aromatic rings. The molecule has 0 spiro atoms. The maximum atomic E-state index is 11.4. The fourth-order valence-electron chi connectivity index (χ4n) is 0.921. The van der Waals surface area contributed by atoms with Gasteiger partial charge in [-0.3, -0.25) is 9.89 Å². The number of hydrogen-bond acceptors (Lipinski definition) is 3. The Bertz CT molecular complexity index is 276. The second kappa shape index (κ2) is 5.77. The number of rotatable bonds is 5. The summed E-state index contributed by atoms with van der Waals surface area (Å²) in [6.45, 7) is 1.08. The SMILES string of the molecule is COCC(Br)CNC(=O)c1ccn[nH]1. The lowest BCUT2D eigenvalue weighted by atomic mass is 10.4. The van der Waals surface area contributed by atoms with Gasteiger partial charge in [0.15, 0.2) is 0 Å². The number of carbonyl (C=O) groups is 1. The third-order valence-electron chi connectivity index (χ3n) is 1.58. The lowest BCUT2D eigenvalue weighted by Gasteiger charge is -2.08. The van der Waals surface area contributed by atoms with Gasteiger partial charge in [-0.15, -0.1) is 0 Å². The van der Waals surface area contributed by atoms with Gasteiger partial charge in [0.2, 0.25) is 0 Å². The van der Waals surface area contributed by atoms with Gasteiger partial charge in [0, 0.05) is 19.9 Å². The normalized spacial score (nSPS) is 12.4. The summed E-state index contributed by atoms with van der Waals surface area (Å²) in [5.74, 6) is -0.164. The van der Waals surface area contributed by atoms with E-state index in [1.807, 2.05) is 0 Å². The third kappa shape index (κ3) is 3.47. The highest BCUT2D eigenvalue weighted by Crippen LogP contribution is 1.98. The largest absolute Gasteiger partial charge is 0.383 e. The highest BCUT2D eigenvalue weighted by molar-refractivity contribution is 9.09. The van der Waals surface area contributed by atoms with Crippen LogP contribution in [0.1, 0.15) is 10.5 Å². The summed E-state index contributed by atoms with van der Waals surface area (Å²) in [7, 11) is 1.62. The van der Waals surface area contributed by atoms with Crippen LogP contribution >= 0.6 is 15.9 Å². The zero-order valence-electron chi connectivity index (χ0n) is 7.79. The Balaban J connectivity index is 2.28. The van der Waals surface area contributed by atoms with Crippen molar-refractivity contribution >= 4 is 21.8 Å². The number of alkyl halides is 1. The number of carbonyl (C=O) groups excluding carboxylic acids is 1. The number of aromatic amines is 1. The number of aromatic nitrogens is 2. The van der Waals surface area contributed by atoms with Crippen LogP contribution in [0, 0.1) is 0 Å². The topological polar surface area (TPSA) is 67.0 Å². The third-order valence-corrected chi connectivity index (χ3v) is 2.17. The number of amides is 1. The molecule has 1 heterocycles. The Kier molecular flexibility index (Phi) is 4.61. The first-order valence-corrected chi connectivity index (χ1v) is 5.06. The van der Waals surface area contributed by atoms with Crippen LogP contribution in [0.15, 0.2) is 12.3 Å². The van der Waals surface area contributed by atoms with Crippen LogP contribution in [0.5, 0.6) is 0 Å². The molecular weight excluding hydrogens is 250 g/mol. The molecule has 1 aromatic heterocycles. The van der Waals surface area contributed by atoms with E-state index in [1.54, 1.807) is 13.2 Å². The van der Waals surface area contributed by atoms with Gasteiger partial charge in [-0.1, -0.05) is 15.9 Å². The molecule has 1 amide bonds. The standard InChI is InChI=1S/C8H12BrN3O2/c1-14-5-6(9)4-10-8(13)7-2-3-11-12-7/h2-3,6H,4-5H2,1H3,(H,10,13)(H,11,12). The molecule has 0 aliphatic carbocycles. The highest BCUT2D eigenvalue weighted by Gasteiger charge is 2.08. The predicted octanol–water partition coefficient (Wildman–Crippen LogP) is 0.549. The molecule has 1 unspecified atom stereocenters. The van der Waals surface area contributed by atoms with Crippen molar-refractivity contribution in [3.63, 3.8) is 0 Å². The molecule has 1 atom stereocenters. The van der Waals surface area contributed by atoms with E-state index in [0.29, 0.717) is 18.8 Å². The van der Waals surface area contributed by atoms with Gasteiger partial charge in [0.25, 0.3) is 5.91 Å². The van der Waals surface area contributed by atoms with Gasteiger partial charge < -0.3 is 10.1 Å². The molecule has 0 aromatic carbocycles. The van der Waals surface area contributed by atoms with Crippen molar-refractivity contribution in [2.45, 2.75) is 4.83 Å². The van der Waals surface area contributed by atoms with Crippen molar-refractivity contribution in [1.82, 2.24) is 15.5 Å². The Labute approximate surface area is 90.3 Å². The van der Waals surface area contributed by atoms with E-state index < -0.39 is 0 Å². The lowest BCUT2D eigenvalue weighted by Crippen LogP contribution is -2.31. The van der Waals surface area contributed by atoms with E-state index in [4.69, 9.17) is 4.74 Å². The number of H-pyrrole nitrogens is 1. The minimum absolute atomic E-state index is 0.124. The zero-order valence-corrected chi connectivity index (χ0v) is 9.37. The molecule has 0 aliphatic heterocycles. The van der Waals surface area contributed by atoms with E-state index in [9.17, 15) is 4.79 Å². The molecule has 1 rings (SSSR count). The van der Waals surface area contributed by atoms with Gasteiger partial charge in [-0.05, 0) is 6.07 Å². The van der Waals surface area contributed by atoms with Crippen LogP contribution in [0.4, 0.5) is 0 Å². The van der Waals surface area contributed by atoms with Gasteiger partial charge in [-0.2, -0.15) is 5.10 Å². The van der Waals surface area contributed by atoms with E-state index in [0.717, 1.165) is 0 Å². The number of nitrogens with zero attached hydrogens (tertiary/aromatic N) is 1. The van der Waals surface area contributed by atoms with Crippen molar-refractivity contribution in [1.29, 1.82) is 0 Å². The van der Waals surface area contributed by atoms with E-state index >= 15 is 0 Å². The quantitative estimate of drug-likeness (QED) is 0.761. The fourth-order valence-corrected chi connectivity index (χ4v) is 1.35. The highest BCUT2D eigenvalue weighted by atomic mass is 79.9. The first kappa shape index (κ1) is 11.2. The first-order valence-electron chi connectivity index (χ1n) is 4.14. The monoisotopic (exact) mass is 261 g/mol. The Hall–Kier alpha value is -0.880. The van der Waals surface area contributed by atoms with Crippen molar-refractivity contribution in [2.24, 2.45) is 0 Å². The van der Waals surface area contributed by atoms with Gasteiger partial charge in [0.05, 0.1) is 11.4 Å². The molecule has 0 saturated heterocycles. The molecule has 6 heteroatoms. The summed E-state index contributed by atoms with van der Waals surface area (Å²) >= 11 is 3.36. The number of nitrogens with one attached hydrogen (secondary N) is 2. The molecule has 0 bridgehead atoms. The first-order chi connectivity index (χ1) is 6.74. The number of hydrogen-bond donors (Lipinski definition) is 2. The smallest absolute Gasteiger partial charge is 0.269 e. The Morgan fingerprint density at radius 2 is 2.64 bits per heavy atom. The molecule has 0 saturated carbocycles. The molecule has 5 nitrogen and oxygen atoms in total. The van der Waals surface area contributed by atoms with Gasteiger partial charge in [-0.25, -0.2) is 0 Å². The van der Waals surface area contributed by atoms with Crippen LogP contribution in [-0.2, 0) is 4.74 Å². The van der Waals surface area contributed by atoms with Crippen LogP contribution in [0.25, 0.3) is 0 Å². The number of methoxy groups -OCH3 is 1. The van der Waals surface area contributed by atoms with Gasteiger partial charge >= 0.3 is 0 Å². The summed E-state index contributed by atoms with van der Waals surface area (Å²) in [5, 5.41) is 9.00. The minimum Gasteiger partial charge on any atom is -0.383 e. The van der Waals surface area contributed by atoms with Crippen LogP contribution < -0.4 is 5.32 Å². The second-order valence-electron chi connectivity index (χ2n) is 2.73. The van der Waals surface area contributed by atoms with Crippen LogP contribution in [-0.4, -0.2) is 41.2 Å². The van der Waals surface area contributed by atoms with Crippen molar-refractivity contribution in [3.05, 3.63) is 18.0 Å². The summed E-state index contributed by atoms with van der Waals surface area (Å²) in [6, 6.07) is 1.62. The maximum Gasteiger partial charge on any atom is 0.269 e. The average molecular weight is 262 g/mol. The average Bonchev–Trinajstić information content (AvgIpc) is 2.67. The molecule has 2 N–H and O–H groups in total. The number of ether oxygens (including phenoxy) is 1. The molecule has 78 valence electrons. The summed E-state index contributed by atoms with van der Waals surface area (Å²) in [6.07, 6.45) is 1.54. The van der Waals surface area contributed by atoms with Crippen molar-refractivity contribution < 1.29 is 9.53 Å². The van der Waals surface area contributed by atoms with E-state index in [2.05, 4.69) is 31.4 Å². The molecular formula is C8H12BrN3O2. The van der Waals surface area contributed by atoms with Crippen LogP contribution in [0.3, 0.4) is 0 Å². The predicted molar refractivity (Wildman–Crippen MR) is 55.5 cm³/mol. The molecule has 0 fully saturated rings. The maximum absolute atomic E-state index is 11.4. The Morgan fingerprint density at radius 3 is 3.21 bits per heavy atom. The van der Waals surface area contributed by atoms with Crippen molar-refractivity contribution in [3.8, 4) is 0 Å². The molecule has 0 aliphatic rings. The lowest BCUT2D eigenvalue weighted by molar-refractivity contribution is 0.0945. The molecule has 0 radical (unpaired) electrons. The molecule has 14 heavy (non-hydrogen) atoms. The zero-order chi connectivity index (χ0) is 10.4. The minimum atomic E-state index is -0.164.